The van der Waals surface area contributed by atoms with E-state index in [1.807, 2.05) is 0 Å². The molecule has 0 saturated heterocycles. The van der Waals surface area contributed by atoms with Crippen molar-refractivity contribution in [2.75, 3.05) is 39.9 Å². The normalized spacial score (nSPS) is 16.3. The lowest BCUT2D eigenvalue weighted by atomic mass is 10.2. The largest absolute Gasteiger partial charge is 0.380 e. The van der Waals surface area contributed by atoms with Crippen molar-refractivity contribution in [1.29, 1.82) is 0 Å². The van der Waals surface area contributed by atoms with Gasteiger partial charge < -0.3 is 15.0 Å². The summed E-state index contributed by atoms with van der Waals surface area (Å²) < 4.78 is 5.61. The Labute approximate surface area is 101 Å². The summed E-state index contributed by atoms with van der Waals surface area (Å²) in [6, 6.07) is 0.858. The van der Waals surface area contributed by atoms with E-state index in [4.69, 9.17) is 4.74 Å². The lowest BCUT2D eigenvalue weighted by Crippen LogP contribution is -2.26. The Hall–Kier alpha value is -0.120. The first-order valence-electron chi connectivity index (χ1n) is 6.69. The predicted octanol–water partition coefficient (Wildman–Crippen LogP) is 1.73. The van der Waals surface area contributed by atoms with Crippen LogP contribution >= 0.6 is 0 Å². The van der Waals surface area contributed by atoms with Gasteiger partial charge in [0, 0.05) is 19.2 Å². The molecule has 0 aromatic heterocycles. The second-order valence-electron chi connectivity index (χ2n) is 5.28. The number of nitrogens with zero attached hydrogens (tertiary/aromatic N) is 1. The molecule has 0 aromatic carbocycles. The molecule has 3 heteroatoms. The van der Waals surface area contributed by atoms with Crippen molar-refractivity contribution in [3.05, 3.63) is 0 Å². The fourth-order valence-electron chi connectivity index (χ4n) is 1.70. The van der Waals surface area contributed by atoms with Gasteiger partial charge in [-0.15, -0.1) is 0 Å². The Kier molecular flexibility index (Phi) is 7.01. The monoisotopic (exact) mass is 228 g/mol. The molecule has 0 spiro atoms. The quantitative estimate of drug-likeness (QED) is 0.576. The predicted molar refractivity (Wildman–Crippen MR) is 68.8 cm³/mol. The lowest BCUT2D eigenvalue weighted by Gasteiger charge is -2.15. The first kappa shape index (κ1) is 13.9. The van der Waals surface area contributed by atoms with E-state index < -0.39 is 0 Å². The van der Waals surface area contributed by atoms with Gasteiger partial charge in [-0.25, -0.2) is 0 Å². The summed E-state index contributed by atoms with van der Waals surface area (Å²) in [6.45, 7) is 9.53. The Bertz CT molecular complexity index is 169. The molecular weight excluding hydrogens is 200 g/mol. The molecule has 1 aliphatic rings. The number of likely N-dealkylation sites (N-methyl/N-ethyl adjacent to an activating group) is 1. The van der Waals surface area contributed by atoms with Crippen molar-refractivity contribution in [3.63, 3.8) is 0 Å². The molecule has 0 heterocycles. The van der Waals surface area contributed by atoms with Crippen LogP contribution in [0.25, 0.3) is 0 Å². The van der Waals surface area contributed by atoms with Crippen LogP contribution in [0.4, 0.5) is 0 Å². The van der Waals surface area contributed by atoms with Crippen LogP contribution in [0.2, 0.25) is 0 Å². The Morgan fingerprint density at radius 2 is 2.06 bits per heavy atom. The van der Waals surface area contributed by atoms with Crippen molar-refractivity contribution in [3.8, 4) is 0 Å². The molecule has 0 bridgehead atoms. The maximum atomic E-state index is 5.61. The van der Waals surface area contributed by atoms with Crippen LogP contribution in [-0.4, -0.2) is 50.8 Å². The first-order chi connectivity index (χ1) is 7.70. The minimum atomic E-state index is 0.744. The zero-order valence-electron chi connectivity index (χ0n) is 11.2. The molecule has 16 heavy (non-hydrogen) atoms. The minimum absolute atomic E-state index is 0.744. The summed E-state index contributed by atoms with van der Waals surface area (Å²) in [6.07, 6.45) is 3.89. The Balaban J connectivity index is 1.74. The summed E-state index contributed by atoms with van der Waals surface area (Å²) in [4.78, 5) is 2.41. The van der Waals surface area contributed by atoms with E-state index in [-0.39, 0.29) is 0 Å². The zero-order valence-corrected chi connectivity index (χ0v) is 11.2. The van der Waals surface area contributed by atoms with Gasteiger partial charge in [0.2, 0.25) is 0 Å². The fraction of sp³-hybridized carbons (Fsp3) is 1.00. The standard InChI is InChI=1S/C13H28N2O/c1-12(2)11-14-7-4-9-16-10-8-15(3)13-5-6-13/h12-14H,4-11H2,1-3H3. The van der Waals surface area contributed by atoms with Crippen molar-refractivity contribution in [1.82, 2.24) is 10.2 Å². The first-order valence-corrected chi connectivity index (χ1v) is 6.69. The molecule has 96 valence electrons. The number of ether oxygens (including phenoxy) is 1. The molecule has 0 aliphatic heterocycles. The summed E-state index contributed by atoms with van der Waals surface area (Å²) in [5.74, 6) is 0.744. The summed E-state index contributed by atoms with van der Waals surface area (Å²) in [7, 11) is 2.20. The fourth-order valence-corrected chi connectivity index (χ4v) is 1.70. The van der Waals surface area contributed by atoms with Gasteiger partial charge >= 0.3 is 0 Å². The van der Waals surface area contributed by atoms with E-state index in [0.29, 0.717) is 0 Å². The summed E-state index contributed by atoms with van der Waals surface area (Å²) in [5, 5.41) is 3.42. The van der Waals surface area contributed by atoms with Gasteiger partial charge in [0.25, 0.3) is 0 Å². The van der Waals surface area contributed by atoms with Gasteiger partial charge in [0.1, 0.15) is 0 Å². The molecule has 1 aliphatic carbocycles. The number of rotatable bonds is 10. The van der Waals surface area contributed by atoms with Crippen LogP contribution in [0.1, 0.15) is 33.1 Å². The number of nitrogens with one attached hydrogen (secondary N) is 1. The molecule has 1 rings (SSSR count). The minimum Gasteiger partial charge on any atom is -0.380 e. The van der Waals surface area contributed by atoms with Crippen molar-refractivity contribution < 1.29 is 4.74 Å². The van der Waals surface area contributed by atoms with Crippen molar-refractivity contribution in [2.45, 2.75) is 39.2 Å². The van der Waals surface area contributed by atoms with E-state index in [9.17, 15) is 0 Å². The highest BCUT2D eigenvalue weighted by Gasteiger charge is 2.25. The van der Waals surface area contributed by atoms with Crippen molar-refractivity contribution >= 4 is 0 Å². The highest BCUT2D eigenvalue weighted by Crippen LogP contribution is 2.24. The average Bonchev–Trinajstić information content (AvgIpc) is 3.04. The molecule has 0 unspecified atom stereocenters. The molecule has 1 fully saturated rings. The molecule has 0 amide bonds. The summed E-state index contributed by atoms with van der Waals surface area (Å²) in [5.41, 5.74) is 0. The second kappa shape index (κ2) is 8.04. The highest BCUT2D eigenvalue weighted by molar-refractivity contribution is 4.81. The van der Waals surface area contributed by atoms with Crippen LogP contribution in [0, 0.1) is 5.92 Å². The Morgan fingerprint density at radius 3 is 2.69 bits per heavy atom. The van der Waals surface area contributed by atoms with Gasteiger partial charge in [0.15, 0.2) is 0 Å². The number of hydrogen-bond donors (Lipinski definition) is 1. The average molecular weight is 228 g/mol. The lowest BCUT2D eigenvalue weighted by molar-refractivity contribution is 0.107. The smallest absolute Gasteiger partial charge is 0.0593 e. The molecule has 1 N–H and O–H groups in total. The highest BCUT2D eigenvalue weighted by atomic mass is 16.5. The molecular formula is C13H28N2O. The molecule has 1 saturated carbocycles. The zero-order chi connectivity index (χ0) is 11.8. The van der Waals surface area contributed by atoms with Crippen molar-refractivity contribution in [2.24, 2.45) is 5.92 Å². The van der Waals surface area contributed by atoms with E-state index >= 15 is 0 Å². The molecule has 3 nitrogen and oxygen atoms in total. The Morgan fingerprint density at radius 1 is 1.31 bits per heavy atom. The third kappa shape index (κ3) is 7.20. The van der Waals surface area contributed by atoms with E-state index in [0.717, 1.165) is 51.2 Å². The van der Waals surface area contributed by atoms with Gasteiger partial charge in [-0.1, -0.05) is 13.8 Å². The van der Waals surface area contributed by atoms with Crippen LogP contribution < -0.4 is 5.32 Å². The van der Waals surface area contributed by atoms with Crippen LogP contribution in [0.3, 0.4) is 0 Å². The van der Waals surface area contributed by atoms with Gasteiger partial charge in [0.05, 0.1) is 6.61 Å². The maximum Gasteiger partial charge on any atom is 0.0593 e. The third-order valence-electron chi connectivity index (χ3n) is 2.95. The maximum absolute atomic E-state index is 5.61. The van der Waals surface area contributed by atoms with E-state index in [2.05, 4.69) is 31.1 Å². The van der Waals surface area contributed by atoms with Crippen LogP contribution in [0.15, 0.2) is 0 Å². The molecule has 0 radical (unpaired) electrons. The molecule has 0 atom stereocenters. The van der Waals surface area contributed by atoms with Gasteiger partial charge in [-0.05, 0) is 45.3 Å². The number of hydrogen-bond acceptors (Lipinski definition) is 3. The SMILES string of the molecule is CC(C)CNCCCOCCN(C)C1CC1. The third-order valence-corrected chi connectivity index (χ3v) is 2.95. The van der Waals surface area contributed by atoms with Gasteiger partial charge in [-0.2, -0.15) is 0 Å². The van der Waals surface area contributed by atoms with E-state index in [1.54, 1.807) is 0 Å². The van der Waals surface area contributed by atoms with Gasteiger partial charge in [-0.3, -0.25) is 0 Å². The van der Waals surface area contributed by atoms with E-state index in [1.165, 1.54) is 12.8 Å². The van der Waals surface area contributed by atoms with Crippen LogP contribution in [0.5, 0.6) is 0 Å². The topological polar surface area (TPSA) is 24.5 Å². The second-order valence-corrected chi connectivity index (χ2v) is 5.28. The summed E-state index contributed by atoms with van der Waals surface area (Å²) >= 11 is 0. The van der Waals surface area contributed by atoms with Crippen LogP contribution in [-0.2, 0) is 4.74 Å². The molecule has 0 aromatic rings.